The molecule has 0 amide bonds. The fraction of sp³-hybridized carbons (Fsp3) is 0. The van der Waals surface area contributed by atoms with Crippen molar-refractivity contribution in [1.82, 2.24) is 48.6 Å². The molecule has 0 bridgehead atoms. The molecule has 10 aromatic heterocycles. The van der Waals surface area contributed by atoms with E-state index in [1.54, 1.807) is 0 Å². The van der Waals surface area contributed by atoms with Crippen LogP contribution in [0, 0.1) is 0 Å². The number of benzene rings is 17. The second-order valence-corrected chi connectivity index (χ2v) is 36.3. The molecule has 0 aliphatic rings. The largest absolute Gasteiger partial charge is 0.309 e. The SMILES string of the molecule is c1ccc(-c2cc(-c3ccc(-n4c5ccccc5c5cc6c(cc54)sc4ccccc46)cc3)cc(-c3ccccc3)n2)cc1.c1ccc(-c2cc(-c3ccccc3)nc(-c3ccc(-n4c5ccccc5c5cc6c(cc54)sc4ccccc46)cc3)n2)cc1.c1ccc(-c2nc(-c3ccccc3)nc(-c3ccc(-n4c5ccccc5c5cc6c(cc54)sc4ccccc46)nc3)n2)cc1. The molecule has 0 atom stereocenters. The van der Waals surface area contributed by atoms with Gasteiger partial charge >= 0.3 is 0 Å². The Kier molecular flexibility index (Phi) is 19.3. The Balaban J connectivity index is 0.000000106. The fourth-order valence-electron chi connectivity index (χ4n) is 18.8. The monoisotopic (exact) mass is 1740 g/mol. The summed E-state index contributed by atoms with van der Waals surface area (Å²) in [6.07, 6.45) is 1.87. The van der Waals surface area contributed by atoms with Crippen molar-refractivity contribution in [2.24, 2.45) is 0 Å². The molecule has 132 heavy (non-hydrogen) atoms. The van der Waals surface area contributed by atoms with E-state index in [9.17, 15) is 0 Å². The van der Waals surface area contributed by atoms with E-state index in [4.69, 9.17) is 34.9 Å². The number of nitrogens with zero attached hydrogens (tertiary/aromatic N) is 10. The zero-order chi connectivity index (χ0) is 87.1. The predicted octanol–water partition coefficient (Wildman–Crippen LogP) is 32.2. The summed E-state index contributed by atoms with van der Waals surface area (Å²) >= 11 is 5.56. The molecule has 0 spiro atoms. The van der Waals surface area contributed by atoms with Crippen LogP contribution in [0.2, 0.25) is 0 Å². The molecule has 27 aromatic rings. The van der Waals surface area contributed by atoms with Crippen molar-refractivity contribution in [3.8, 4) is 119 Å². The van der Waals surface area contributed by atoms with Crippen molar-refractivity contribution < 1.29 is 0 Å². The maximum Gasteiger partial charge on any atom is 0.165 e. The van der Waals surface area contributed by atoms with Crippen molar-refractivity contribution in [1.29, 1.82) is 0 Å². The number of thiophene rings is 3. The van der Waals surface area contributed by atoms with E-state index < -0.39 is 0 Å². The van der Waals surface area contributed by atoms with Gasteiger partial charge in [0.2, 0.25) is 0 Å². The molecule has 13 heteroatoms. The van der Waals surface area contributed by atoms with E-state index in [0.717, 1.165) is 107 Å². The first kappa shape index (κ1) is 77.5. The van der Waals surface area contributed by atoms with Gasteiger partial charge in [0, 0.05) is 155 Å². The van der Waals surface area contributed by atoms with Gasteiger partial charge in [0.15, 0.2) is 23.3 Å². The van der Waals surface area contributed by atoms with Crippen molar-refractivity contribution in [3.63, 3.8) is 0 Å². The molecule has 0 saturated carbocycles. The first-order chi connectivity index (χ1) is 65.4. The van der Waals surface area contributed by atoms with Gasteiger partial charge in [0.05, 0.1) is 55.9 Å². The Hall–Kier alpha value is -16.8. The lowest BCUT2D eigenvalue weighted by Gasteiger charge is -2.12. The number of pyridine rings is 2. The third-order valence-electron chi connectivity index (χ3n) is 25.1. The van der Waals surface area contributed by atoms with Crippen LogP contribution in [0.4, 0.5) is 0 Å². The first-order valence-corrected chi connectivity index (χ1v) is 46.6. The maximum absolute atomic E-state index is 5.06. The Morgan fingerprint density at radius 1 is 0.159 bits per heavy atom. The minimum atomic E-state index is 0.589. The van der Waals surface area contributed by atoms with E-state index in [0.29, 0.717) is 23.3 Å². The quantitative estimate of drug-likeness (QED) is 0.120. The molecule has 618 valence electrons. The van der Waals surface area contributed by atoms with Crippen LogP contribution in [0.3, 0.4) is 0 Å². The van der Waals surface area contributed by atoms with E-state index in [1.165, 1.54) is 115 Å². The molecule has 0 radical (unpaired) electrons. The first-order valence-electron chi connectivity index (χ1n) is 44.1. The zero-order valence-electron chi connectivity index (χ0n) is 70.9. The van der Waals surface area contributed by atoms with Gasteiger partial charge in [0.1, 0.15) is 5.82 Å². The van der Waals surface area contributed by atoms with E-state index >= 15 is 0 Å². The fourth-order valence-corrected chi connectivity index (χ4v) is 22.2. The van der Waals surface area contributed by atoms with Crippen LogP contribution in [0.5, 0.6) is 0 Å². The average molecular weight is 1740 g/mol. The third kappa shape index (κ3) is 14.0. The normalized spacial score (nSPS) is 11.6. The average Bonchev–Trinajstić information content (AvgIpc) is 1.58. The highest BCUT2D eigenvalue weighted by Gasteiger charge is 2.23. The van der Waals surface area contributed by atoms with Gasteiger partial charge < -0.3 is 9.13 Å². The lowest BCUT2D eigenvalue weighted by Crippen LogP contribution is -2.01. The summed E-state index contributed by atoms with van der Waals surface area (Å²) in [7, 11) is 0. The molecule has 10 heterocycles. The highest BCUT2D eigenvalue weighted by molar-refractivity contribution is 7.26. The molecule has 0 aliphatic heterocycles. The van der Waals surface area contributed by atoms with Crippen LogP contribution >= 0.6 is 34.0 Å². The summed E-state index contributed by atoms with van der Waals surface area (Å²) in [4.78, 5) is 34.7. The van der Waals surface area contributed by atoms with Gasteiger partial charge in [-0.25, -0.2) is 34.9 Å². The lowest BCUT2D eigenvalue weighted by molar-refractivity contribution is 1.05. The van der Waals surface area contributed by atoms with Gasteiger partial charge in [-0.1, -0.05) is 303 Å². The van der Waals surface area contributed by atoms with Crippen LogP contribution in [-0.4, -0.2) is 48.6 Å². The highest BCUT2D eigenvalue weighted by Crippen LogP contribution is 2.46. The lowest BCUT2D eigenvalue weighted by atomic mass is 10.00. The molecule has 27 rings (SSSR count). The van der Waals surface area contributed by atoms with Crippen LogP contribution in [-0.2, 0) is 0 Å². The summed E-state index contributed by atoms with van der Waals surface area (Å²) in [5.41, 5.74) is 23.6. The van der Waals surface area contributed by atoms with E-state index in [1.807, 2.05) is 149 Å². The smallest absolute Gasteiger partial charge is 0.165 e. The summed E-state index contributed by atoms with van der Waals surface area (Å²) < 4.78 is 14.9. The Labute approximate surface area is 770 Å². The van der Waals surface area contributed by atoms with Gasteiger partial charge in [-0.05, 0) is 151 Å². The number of aromatic nitrogens is 10. The molecule has 0 aliphatic carbocycles. The molecule has 0 saturated heterocycles. The van der Waals surface area contributed by atoms with Crippen LogP contribution < -0.4 is 0 Å². The van der Waals surface area contributed by atoms with Gasteiger partial charge in [0.25, 0.3) is 0 Å². The van der Waals surface area contributed by atoms with Crippen molar-refractivity contribution >= 4 is 160 Å². The molecule has 10 nitrogen and oxygen atoms in total. The standard InChI is InChI=1S/C41H26N2S.C40H25N3S.C38H23N5S/c1-3-11-28(12-4-1)36-23-30(24-37(42-36)29-13-5-2-6-14-29)27-19-21-31(22-20-27)43-38-17-9-7-15-32(38)34-25-35-33-16-8-10-18-40(33)44-41(35)26-39(34)43;1-3-11-26(12-4-1)34-24-35(27-13-5-2-6-14-27)42-40(41-34)28-19-21-29(22-20-28)43-36-17-9-7-15-30(36)32-23-33-31-16-8-10-18-38(31)44-39(33)25-37(32)43;1-3-11-24(12-4-1)36-40-37(25-13-5-2-6-14-25)42-38(41-36)26-19-20-35(39-23-26)43-31-17-9-7-15-27(31)29-21-30-28-16-8-10-18-33(28)44-34(30)22-32(29)43/h1-26H;1-25H;1-23H. The van der Waals surface area contributed by atoms with Gasteiger partial charge in [-0.3, -0.25) is 4.57 Å². The molecule has 0 fully saturated rings. The molecule has 17 aromatic carbocycles. The molecule has 0 N–H and O–H groups in total. The summed E-state index contributed by atoms with van der Waals surface area (Å²) in [6.45, 7) is 0. The number of hydrogen-bond acceptors (Lipinski definition) is 10. The van der Waals surface area contributed by atoms with Crippen LogP contribution in [0.15, 0.2) is 449 Å². The summed E-state index contributed by atoms with van der Waals surface area (Å²) in [5.74, 6) is 3.42. The Bertz CT molecular complexity index is 8090. The second-order valence-electron chi connectivity index (χ2n) is 33.0. The summed E-state index contributed by atoms with van der Waals surface area (Å²) in [6, 6.07) is 156. The Morgan fingerprint density at radius 2 is 0.447 bits per heavy atom. The van der Waals surface area contributed by atoms with Gasteiger partial charge in [-0.15, -0.1) is 34.0 Å². The van der Waals surface area contributed by atoms with Crippen LogP contribution in [0.1, 0.15) is 0 Å². The number of hydrogen-bond donors (Lipinski definition) is 0. The minimum absolute atomic E-state index is 0.589. The number of para-hydroxylation sites is 3. The Morgan fingerprint density at radius 3 is 0.818 bits per heavy atom. The van der Waals surface area contributed by atoms with E-state index in [-0.39, 0.29) is 0 Å². The zero-order valence-corrected chi connectivity index (χ0v) is 73.4. The number of rotatable bonds is 12. The maximum atomic E-state index is 5.06. The second kappa shape index (κ2) is 32.8. The van der Waals surface area contributed by atoms with Crippen molar-refractivity contribution in [3.05, 3.63) is 449 Å². The van der Waals surface area contributed by atoms with Gasteiger partial charge in [-0.2, -0.15) is 0 Å². The van der Waals surface area contributed by atoms with Crippen LogP contribution in [0.25, 0.3) is 245 Å². The predicted molar refractivity (Wildman–Crippen MR) is 554 cm³/mol. The van der Waals surface area contributed by atoms with E-state index in [2.05, 4.69) is 347 Å². The van der Waals surface area contributed by atoms with Crippen molar-refractivity contribution in [2.75, 3.05) is 0 Å². The topological polar surface area (TPSA) is 105 Å². The minimum Gasteiger partial charge on any atom is -0.309 e. The van der Waals surface area contributed by atoms with Crippen molar-refractivity contribution in [2.45, 2.75) is 0 Å². The molecular weight excluding hydrogens is 1670 g/mol. The third-order valence-corrected chi connectivity index (χ3v) is 28.5. The molecule has 0 unspecified atom stereocenters. The summed E-state index contributed by atoms with van der Waals surface area (Å²) in [5, 5.41) is 15.4. The molecular formula is C119H74N10S3. The number of fused-ring (bicyclic) bond motifs is 18. The highest BCUT2D eigenvalue weighted by atomic mass is 32.1.